The van der Waals surface area contributed by atoms with Gasteiger partial charge in [-0.05, 0) is 30.4 Å². The Labute approximate surface area is 196 Å². The lowest BCUT2D eigenvalue weighted by molar-refractivity contribution is -0.725. The topological polar surface area (TPSA) is 19.7 Å². The van der Waals surface area contributed by atoms with E-state index in [1.54, 1.807) is 0 Å². The molecule has 0 saturated carbocycles. The predicted octanol–water partition coefficient (Wildman–Crippen LogP) is 8.18. The summed E-state index contributed by atoms with van der Waals surface area (Å²) >= 11 is 0. The highest BCUT2D eigenvalue weighted by Gasteiger charge is 2.28. The smallest absolute Gasteiger partial charge is 0.241 e. The predicted molar refractivity (Wildman–Crippen MR) is 136 cm³/mol. The molecule has 0 aliphatic carbocycles. The van der Waals surface area contributed by atoms with E-state index in [-0.39, 0.29) is 0 Å². The molecule has 2 nitrogen and oxygen atoms in total. The number of rotatable bonds is 16. The maximum Gasteiger partial charge on any atom is 0.241 e. The minimum absolute atomic E-state index is 0.470. The van der Waals surface area contributed by atoms with Crippen molar-refractivity contribution in [3.8, 4) is 0 Å². The highest BCUT2D eigenvalue weighted by Crippen LogP contribution is 2.32. The van der Waals surface area contributed by atoms with E-state index < -0.39 is 0 Å². The molecule has 3 rings (SSSR count). The van der Waals surface area contributed by atoms with E-state index in [0.717, 1.165) is 6.42 Å². The molecule has 3 aromatic rings. The molecule has 2 heteroatoms. The molecule has 1 N–H and O–H groups in total. The second kappa shape index (κ2) is 14.7. The molecule has 2 unspecified atom stereocenters. The second-order valence-corrected chi connectivity index (χ2v) is 9.30. The summed E-state index contributed by atoms with van der Waals surface area (Å²) in [6.45, 7) is 2.29. The summed E-state index contributed by atoms with van der Waals surface area (Å²) in [5, 5.41) is 0. The number of hydrogen-bond donors (Lipinski definition) is 1. The van der Waals surface area contributed by atoms with E-state index in [4.69, 9.17) is 0 Å². The molecule has 0 spiro atoms. The Morgan fingerprint density at radius 2 is 1.31 bits per heavy atom. The molecule has 0 saturated heterocycles. The van der Waals surface area contributed by atoms with Gasteiger partial charge in [-0.1, -0.05) is 125 Å². The lowest BCUT2D eigenvalue weighted by Gasteiger charge is -2.26. The average Bonchev–Trinajstić information content (AvgIpc) is 3.37. The third kappa shape index (κ3) is 8.30. The molecule has 0 aliphatic heterocycles. The summed E-state index contributed by atoms with van der Waals surface area (Å²) in [4.78, 5) is 3.28. The summed E-state index contributed by atoms with van der Waals surface area (Å²) in [6.07, 6.45) is 22.6. The van der Waals surface area contributed by atoms with Gasteiger partial charge in [-0.15, -0.1) is 0 Å². The van der Waals surface area contributed by atoms with Gasteiger partial charge in [-0.2, -0.15) is 0 Å². The quantitative estimate of drug-likeness (QED) is 0.174. The number of benzene rings is 2. The van der Waals surface area contributed by atoms with Crippen LogP contribution in [0.25, 0.3) is 0 Å². The van der Waals surface area contributed by atoms with Crippen molar-refractivity contribution in [2.45, 2.75) is 95.9 Å². The number of aromatic amines is 1. The van der Waals surface area contributed by atoms with Gasteiger partial charge < -0.3 is 0 Å². The Bertz CT molecular complexity index is 811. The van der Waals surface area contributed by atoms with Gasteiger partial charge in [0.2, 0.25) is 6.33 Å². The molecule has 0 bridgehead atoms. The molecule has 0 aliphatic rings. The first-order chi connectivity index (χ1) is 15.9. The summed E-state index contributed by atoms with van der Waals surface area (Å²) in [7, 11) is 0. The number of imidazole rings is 1. The van der Waals surface area contributed by atoms with Crippen LogP contribution in [-0.4, -0.2) is 4.98 Å². The molecular formula is C30H43N2+. The molecule has 0 radical (unpaired) electrons. The Kier molecular flexibility index (Phi) is 11.1. The molecule has 0 amide bonds. The summed E-state index contributed by atoms with van der Waals surface area (Å²) in [5.41, 5.74) is 2.87. The minimum Gasteiger partial charge on any atom is -0.250 e. The normalized spacial score (nSPS) is 13.2. The van der Waals surface area contributed by atoms with E-state index in [2.05, 4.69) is 95.9 Å². The highest BCUT2D eigenvalue weighted by molar-refractivity contribution is 5.25. The van der Waals surface area contributed by atoms with Crippen molar-refractivity contribution in [1.82, 2.24) is 4.98 Å². The van der Waals surface area contributed by atoms with Crippen LogP contribution in [0.1, 0.15) is 101 Å². The van der Waals surface area contributed by atoms with E-state index in [1.807, 2.05) is 0 Å². The van der Waals surface area contributed by atoms with Crippen LogP contribution in [0, 0.1) is 0 Å². The van der Waals surface area contributed by atoms with Gasteiger partial charge in [0, 0.05) is 5.92 Å². The molecule has 0 fully saturated rings. The standard InChI is InChI=1S/C30H42N2/c1-2-3-4-5-6-7-8-9-10-17-22-30(32-24-23-31-26-32)29(28-20-15-12-16-21-28)25-27-18-13-11-14-19-27/h11-16,18-21,23-24,26,29-30H,2-10,17,22,25H2,1H3/p+1. The number of hydrogen-bond acceptors (Lipinski definition) is 0. The maximum atomic E-state index is 3.28. The number of nitrogens with one attached hydrogen (secondary N) is 1. The van der Waals surface area contributed by atoms with Gasteiger partial charge in [0.1, 0.15) is 18.4 Å². The number of H-pyrrole nitrogens is 1. The summed E-state index contributed by atoms with van der Waals surface area (Å²) in [5.74, 6) is 0.470. The van der Waals surface area contributed by atoms with Crippen LogP contribution in [0.5, 0.6) is 0 Å². The van der Waals surface area contributed by atoms with Gasteiger partial charge in [0.25, 0.3) is 0 Å². The van der Waals surface area contributed by atoms with Crippen molar-refractivity contribution >= 4 is 0 Å². The van der Waals surface area contributed by atoms with Gasteiger partial charge >= 0.3 is 0 Å². The molecule has 2 atom stereocenters. The molecule has 172 valence electrons. The lowest BCUT2D eigenvalue weighted by Crippen LogP contribution is -2.41. The Balaban J connectivity index is 1.58. The van der Waals surface area contributed by atoms with Crippen LogP contribution >= 0.6 is 0 Å². The molecule has 2 aromatic carbocycles. The van der Waals surface area contributed by atoms with Crippen molar-refractivity contribution in [2.24, 2.45) is 0 Å². The van der Waals surface area contributed by atoms with Crippen LogP contribution < -0.4 is 4.57 Å². The van der Waals surface area contributed by atoms with Gasteiger partial charge in [-0.3, -0.25) is 4.98 Å². The highest BCUT2D eigenvalue weighted by atomic mass is 15.1. The summed E-state index contributed by atoms with van der Waals surface area (Å²) in [6, 6.07) is 22.6. The van der Waals surface area contributed by atoms with E-state index >= 15 is 0 Å². The largest absolute Gasteiger partial charge is 0.250 e. The fourth-order valence-corrected chi connectivity index (χ4v) is 4.95. The number of unbranched alkanes of at least 4 members (excludes halogenated alkanes) is 9. The molecule has 1 heterocycles. The monoisotopic (exact) mass is 431 g/mol. The SMILES string of the molecule is CCCCCCCCCCCCC(C(Cc1ccccc1)c1ccccc1)[n+]1cc[nH]c1. The zero-order chi connectivity index (χ0) is 22.3. The first kappa shape index (κ1) is 24.3. The van der Waals surface area contributed by atoms with E-state index in [0.29, 0.717) is 12.0 Å². The zero-order valence-corrected chi connectivity index (χ0v) is 20.1. The second-order valence-electron chi connectivity index (χ2n) is 9.30. The maximum absolute atomic E-state index is 3.28. The van der Waals surface area contributed by atoms with Crippen molar-refractivity contribution in [1.29, 1.82) is 0 Å². The average molecular weight is 432 g/mol. The Morgan fingerprint density at radius 3 is 1.91 bits per heavy atom. The third-order valence-corrected chi connectivity index (χ3v) is 6.79. The van der Waals surface area contributed by atoms with Gasteiger partial charge in [0.15, 0.2) is 0 Å². The fraction of sp³-hybridized carbons (Fsp3) is 0.500. The van der Waals surface area contributed by atoms with Crippen molar-refractivity contribution < 1.29 is 4.57 Å². The van der Waals surface area contributed by atoms with Gasteiger partial charge in [-0.25, -0.2) is 4.57 Å². The molecular weight excluding hydrogens is 388 g/mol. The van der Waals surface area contributed by atoms with Crippen LogP contribution in [0.4, 0.5) is 0 Å². The Hall–Kier alpha value is -2.35. The van der Waals surface area contributed by atoms with Crippen molar-refractivity contribution in [2.75, 3.05) is 0 Å². The van der Waals surface area contributed by atoms with Crippen LogP contribution in [-0.2, 0) is 6.42 Å². The van der Waals surface area contributed by atoms with Crippen LogP contribution in [0.3, 0.4) is 0 Å². The van der Waals surface area contributed by atoms with Gasteiger partial charge in [0.05, 0.1) is 0 Å². The molecule has 32 heavy (non-hydrogen) atoms. The number of aromatic nitrogens is 2. The summed E-state index contributed by atoms with van der Waals surface area (Å²) < 4.78 is 2.41. The zero-order valence-electron chi connectivity index (χ0n) is 20.1. The van der Waals surface area contributed by atoms with Crippen molar-refractivity contribution in [3.63, 3.8) is 0 Å². The minimum atomic E-state index is 0.470. The van der Waals surface area contributed by atoms with Crippen LogP contribution in [0.2, 0.25) is 0 Å². The van der Waals surface area contributed by atoms with Crippen LogP contribution in [0.15, 0.2) is 79.4 Å². The Morgan fingerprint density at radius 1 is 0.719 bits per heavy atom. The fourth-order valence-electron chi connectivity index (χ4n) is 4.95. The van der Waals surface area contributed by atoms with Crippen molar-refractivity contribution in [3.05, 3.63) is 90.5 Å². The lowest BCUT2D eigenvalue weighted by atomic mass is 9.83. The number of nitrogens with zero attached hydrogens (tertiary/aromatic N) is 1. The first-order valence-electron chi connectivity index (χ1n) is 13.0. The van der Waals surface area contributed by atoms with E-state index in [1.165, 1.54) is 81.8 Å². The first-order valence-corrected chi connectivity index (χ1v) is 13.0. The molecule has 1 aromatic heterocycles. The van der Waals surface area contributed by atoms with E-state index in [9.17, 15) is 0 Å². The third-order valence-electron chi connectivity index (χ3n) is 6.79.